The van der Waals surface area contributed by atoms with Gasteiger partial charge in [-0.05, 0) is 25.1 Å². The van der Waals surface area contributed by atoms with Crippen molar-refractivity contribution in [3.8, 4) is 0 Å². The molecule has 2 aromatic rings. The molecule has 1 saturated heterocycles. The number of carbonyl (C=O) groups is 1. The number of nitrogens with one attached hydrogen (secondary N) is 1. The summed E-state index contributed by atoms with van der Waals surface area (Å²) in [5, 5.41) is 0.924. The maximum Gasteiger partial charge on any atom is 0.255 e. The van der Waals surface area contributed by atoms with Gasteiger partial charge in [-0.25, -0.2) is 4.39 Å². The Bertz CT molecular complexity index is 789. The maximum absolute atomic E-state index is 13.3. The number of hydrogen-bond acceptors (Lipinski definition) is 3. The predicted octanol–water partition coefficient (Wildman–Crippen LogP) is 2.63. The lowest BCUT2D eigenvalue weighted by Crippen LogP contribution is -2.48. The third-order valence-electron chi connectivity index (χ3n) is 4.18. The molecule has 1 amide bonds. The summed E-state index contributed by atoms with van der Waals surface area (Å²) in [5.74, 6) is 0.277. The predicted molar refractivity (Wildman–Crippen MR) is 86.9 cm³/mol. The zero-order valence-corrected chi connectivity index (χ0v) is 13.2. The van der Waals surface area contributed by atoms with Gasteiger partial charge in [-0.2, -0.15) is 11.8 Å². The van der Waals surface area contributed by atoms with Crippen LogP contribution in [0.15, 0.2) is 29.1 Å². The molecule has 0 bridgehead atoms. The normalized spacial score (nSPS) is 22.0. The Morgan fingerprint density at radius 3 is 2.91 bits per heavy atom. The van der Waals surface area contributed by atoms with E-state index in [1.165, 1.54) is 18.2 Å². The van der Waals surface area contributed by atoms with Crippen molar-refractivity contribution < 1.29 is 9.18 Å². The third-order valence-corrected chi connectivity index (χ3v) is 5.52. The molecule has 1 aromatic heterocycles. The van der Waals surface area contributed by atoms with Gasteiger partial charge in [0.25, 0.3) is 5.91 Å². The van der Waals surface area contributed by atoms with Gasteiger partial charge < -0.3 is 9.88 Å². The van der Waals surface area contributed by atoms with Crippen molar-refractivity contribution in [2.75, 3.05) is 12.3 Å². The number of rotatable bonds is 1. The minimum absolute atomic E-state index is 0.0982. The molecule has 1 N–H and O–H groups in total. The fraction of sp³-hybridized carbons (Fsp3) is 0.375. The molecule has 0 spiro atoms. The van der Waals surface area contributed by atoms with E-state index < -0.39 is 11.4 Å². The monoisotopic (exact) mass is 320 g/mol. The Labute approximate surface area is 131 Å². The number of aromatic amines is 1. The van der Waals surface area contributed by atoms with Crippen LogP contribution in [0.4, 0.5) is 4.39 Å². The second-order valence-corrected chi connectivity index (χ2v) is 7.04. The fourth-order valence-corrected chi connectivity index (χ4v) is 3.88. The Kier molecular flexibility index (Phi) is 3.95. The van der Waals surface area contributed by atoms with Crippen LogP contribution in [0.5, 0.6) is 0 Å². The smallest absolute Gasteiger partial charge is 0.255 e. The van der Waals surface area contributed by atoms with Gasteiger partial charge in [0.1, 0.15) is 5.82 Å². The van der Waals surface area contributed by atoms with Crippen molar-refractivity contribution >= 4 is 28.6 Å². The Morgan fingerprint density at radius 1 is 1.36 bits per heavy atom. The highest BCUT2D eigenvalue weighted by atomic mass is 32.2. The molecule has 0 aliphatic carbocycles. The topological polar surface area (TPSA) is 53.2 Å². The van der Waals surface area contributed by atoms with E-state index in [0.717, 1.165) is 5.75 Å². The summed E-state index contributed by atoms with van der Waals surface area (Å²) in [6, 6.07) is 5.49. The average molecular weight is 320 g/mol. The second-order valence-electron chi connectivity index (χ2n) is 5.55. The van der Waals surface area contributed by atoms with Gasteiger partial charge in [0.15, 0.2) is 0 Å². The quantitative estimate of drug-likeness (QED) is 0.879. The first-order chi connectivity index (χ1) is 10.5. The summed E-state index contributed by atoms with van der Waals surface area (Å²) >= 11 is 1.84. The number of amides is 1. The van der Waals surface area contributed by atoms with Crippen LogP contribution in [0.1, 0.15) is 24.2 Å². The number of hydrogen-bond donors (Lipinski definition) is 1. The number of aromatic nitrogens is 1. The number of benzene rings is 1. The summed E-state index contributed by atoms with van der Waals surface area (Å²) in [4.78, 5) is 29.1. The molecule has 0 unspecified atom stereocenters. The van der Waals surface area contributed by atoms with Gasteiger partial charge in [0, 0.05) is 35.0 Å². The zero-order valence-electron chi connectivity index (χ0n) is 12.4. The summed E-state index contributed by atoms with van der Waals surface area (Å²) in [5.41, 5.74) is 0.293. The number of H-pyrrole nitrogens is 1. The summed E-state index contributed by atoms with van der Waals surface area (Å²) in [6.07, 6.45) is 0. The van der Waals surface area contributed by atoms with E-state index in [2.05, 4.69) is 11.9 Å². The van der Waals surface area contributed by atoms with Gasteiger partial charge in [0.05, 0.1) is 11.1 Å². The zero-order chi connectivity index (χ0) is 15.9. The highest BCUT2D eigenvalue weighted by Crippen LogP contribution is 2.27. The summed E-state index contributed by atoms with van der Waals surface area (Å²) < 4.78 is 13.3. The molecular formula is C16H17FN2O2S. The van der Waals surface area contributed by atoms with Crippen molar-refractivity contribution in [2.45, 2.75) is 25.1 Å². The Morgan fingerprint density at radius 2 is 2.14 bits per heavy atom. The molecule has 22 heavy (non-hydrogen) atoms. The van der Waals surface area contributed by atoms with E-state index in [4.69, 9.17) is 0 Å². The Balaban J connectivity index is 2.09. The Hall–Kier alpha value is -1.82. The molecule has 3 rings (SSSR count). The SMILES string of the molecule is C[C@@H]1SCCN(C(=O)c2cc(=O)[nH]c3cc(F)ccc23)[C@H]1C. The number of thioether (sulfide) groups is 1. The van der Waals surface area contributed by atoms with Crippen LogP contribution in [0.25, 0.3) is 10.9 Å². The molecule has 1 aromatic carbocycles. The van der Waals surface area contributed by atoms with Crippen LogP contribution in [0.3, 0.4) is 0 Å². The largest absolute Gasteiger partial charge is 0.334 e. The number of fused-ring (bicyclic) bond motifs is 1. The minimum Gasteiger partial charge on any atom is -0.334 e. The van der Waals surface area contributed by atoms with Crippen molar-refractivity contribution in [3.05, 3.63) is 46.0 Å². The van der Waals surface area contributed by atoms with E-state index in [1.807, 2.05) is 18.7 Å². The number of nitrogens with zero attached hydrogens (tertiary/aromatic N) is 1. The van der Waals surface area contributed by atoms with E-state index >= 15 is 0 Å². The van der Waals surface area contributed by atoms with Crippen LogP contribution in [0, 0.1) is 5.82 Å². The molecule has 6 heteroatoms. The summed E-state index contributed by atoms with van der Waals surface area (Å²) in [7, 11) is 0. The van der Waals surface area contributed by atoms with Gasteiger partial charge in [-0.15, -0.1) is 0 Å². The first-order valence-electron chi connectivity index (χ1n) is 7.22. The molecule has 116 valence electrons. The van der Waals surface area contributed by atoms with Gasteiger partial charge in [-0.3, -0.25) is 9.59 Å². The highest BCUT2D eigenvalue weighted by molar-refractivity contribution is 8.00. The lowest BCUT2D eigenvalue weighted by Gasteiger charge is -2.37. The molecule has 0 saturated carbocycles. The third kappa shape index (κ3) is 2.63. The minimum atomic E-state index is -0.441. The van der Waals surface area contributed by atoms with Gasteiger partial charge >= 0.3 is 0 Å². The van der Waals surface area contributed by atoms with E-state index in [9.17, 15) is 14.0 Å². The maximum atomic E-state index is 13.3. The summed E-state index contributed by atoms with van der Waals surface area (Å²) in [6.45, 7) is 4.77. The molecule has 2 atom stereocenters. The highest BCUT2D eigenvalue weighted by Gasteiger charge is 2.30. The van der Waals surface area contributed by atoms with E-state index in [0.29, 0.717) is 28.3 Å². The number of halogens is 1. The van der Waals surface area contributed by atoms with Crippen LogP contribution >= 0.6 is 11.8 Å². The number of pyridine rings is 1. The average Bonchev–Trinajstić information content (AvgIpc) is 2.48. The number of carbonyl (C=O) groups excluding carboxylic acids is 1. The van der Waals surface area contributed by atoms with Crippen LogP contribution in [-0.2, 0) is 0 Å². The van der Waals surface area contributed by atoms with Gasteiger partial charge in [-0.1, -0.05) is 6.92 Å². The van der Waals surface area contributed by atoms with Crippen LogP contribution in [0.2, 0.25) is 0 Å². The first kappa shape index (κ1) is 15.1. The van der Waals surface area contributed by atoms with Crippen LogP contribution < -0.4 is 5.56 Å². The van der Waals surface area contributed by atoms with Crippen molar-refractivity contribution in [1.82, 2.24) is 9.88 Å². The van der Waals surface area contributed by atoms with E-state index in [1.54, 1.807) is 11.0 Å². The van der Waals surface area contributed by atoms with Gasteiger partial charge in [0.2, 0.25) is 5.56 Å². The molecule has 1 aliphatic heterocycles. The first-order valence-corrected chi connectivity index (χ1v) is 8.27. The molecule has 1 aliphatic rings. The van der Waals surface area contributed by atoms with Crippen molar-refractivity contribution in [3.63, 3.8) is 0 Å². The molecule has 2 heterocycles. The van der Waals surface area contributed by atoms with Crippen molar-refractivity contribution in [2.24, 2.45) is 0 Å². The van der Waals surface area contributed by atoms with E-state index in [-0.39, 0.29) is 11.9 Å². The van der Waals surface area contributed by atoms with Crippen LogP contribution in [-0.4, -0.2) is 39.4 Å². The molecule has 0 radical (unpaired) electrons. The molecule has 4 nitrogen and oxygen atoms in total. The molecular weight excluding hydrogens is 303 g/mol. The standard InChI is InChI=1S/C16H17FN2O2S/c1-9-10(2)22-6-5-19(9)16(21)13-8-15(20)18-14-7-11(17)3-4-12(13)14/h3-4,7-10H,5-6H2,1-2H3,(H,18,20)/t9-,10-/m0/s1. The second kappa shape index (κ2) is 5.76. The fourth-order valence-electron chi connectivity index (χ4n) is 2.78. The lowest BCUT2D eigenvalue weighted by molar-refractivity contribution is 0.0700. The molecule has 1 fully saturated rings. The lowest BCUT2D eigenvalue weighted by atomic mass is 10.1. The van der Waals surface area contributed by atoms with Crippen molar-refractivity contribution in [1.29, 1.82) is 0 Å².